The Balaban J connectivity index is 4.00. The van der Waals surface area contributed by atoms with Crippen molar-refractivity contribution in [2.24, 2.45) is 5.41 Å². The Morgan fingerprint density at radius 1 is 1.05 bits per heavy atom. The molecule has 0 aromatic carbocycles. The van der Waals surface area contributed by atoms with Crippen LogP contribution in [0.15, 0.2) is 17.9 Å². The summed E-state index contributed by atoms with van der Waals surface area (Å²) in [5, 5.41) is 0. The molecule has 0 fully saturated rings. The van der Waals surface area contributed by atoms with Crippen molar-refractivity contribution in [3.63, 3.8) is 0 Å². The first kappa shape index (κ1) is 19.7. The van der Waals surface area contributed by atoms with Crippen LogP contribution in [0.1, 0.15) is 72.6 Å². The van der Waals surface area contributed by atoms with Crippen LogP contribution in [-0.4, -0.2) is 15.1 Å². The fourth-order valence-corrected chi connectivity index (χ4v) is 3.13. The number of hydrogen-bond acceptors (Lipinski definition) is 1. The maximum Gasteiger partial charge on any atom is 0.171 e. The van der Waals surface area contributed by atoms with Crippen LogP contribution >= 0.6 is 0 Å². The largest absolute Gasteiger partial charge is 0.413 e. The average molecular weight is 297 g/mol. The van der Waals surface area contributed by atoms with Crippen molar-refractivity contribution in [1.82, 2.24) is 0 Å². The molecule has 0 spiro atoms. The van der Waals surface area contributed by atoms with Gasteiger partial charge < -0.3 is 4.43 Å². The topological polar surface area (TPSA) is 9.23 Å². The summed E-state index contributed by atoms with van der Waals surface area (Å²) in [6.45, 7) is 13.4. The normalized spacial score (nSPS) is 13.2. The van der Waals surface area contributed by atoms with Crippen molar-refractivity contribution in [2.45, 2.75) is 91.8 Å². The van der Waals surface area contributed by atoms with Gasteiger partial charge in [-0.15, -0.1) is 5.73 Å². The zero-order chi connectivity index (χ0) is 15.4. The molecule has 0 radical (unpaired) electrons. The van der Waals surface area contributed by atoms with E-state index in [1.54, 1.807) is 0 Å². The van der Waals surface area contributed by atoms with Gasteiger partial charge in [-0.3, -0.25) is 0 Å². The molecule has 1 nitrogen and oxygen atoms in total. The zero-order valence-electron chi connectivity index (χ0n) is 14.7. The Labute approximate surface area is 129 Å². The molecule has 0 heterocycles. The van der Waals surface area contributed by atoms with Crippen LogP contribution in [-0.2, 0) is 4.43 Å². The highest BCUT2D eigenvalue weighted by atomic mass is 28.3. The highest BCUT2D eigenvalue weighted by Gasteiger charge is 2.23. The van der Waals surface area contributed by atoms with Gasteiger partial charge >= 0.3 is 0 Å². The van der Waals surface area contributed by atoms with E-state index in [0.29, 0.717) is 0 Å². The lowest BCUT2D eigenvalue weighted by atomic mass is 9.89. The summed E-state index contributed by atoms with van der Waals surface area (Å²) in [7, 11) is -0.995. The SMILES string of the molecule is CCCCCCCCC=C=CC(O[SiH](C)C)C(C)(C)C. The van der Waals surface area contributed by atoms with Crippen molar-refractivity contribution < 1.29 is 4.43 Å². The molecule has 0 aromatic rings. The Morgan fingerprint density at radius 2 is 1.65 bits per heavy atom. The van der Waals surface area contributed by atoms with E-state index in [1.807, 2.05) is 0 Å². The lowest BCUT2D eigenvalue weighted by molar-refractivity contribution is 0.129. The van der Waals surface area contributed by atoms with Gasteiger partial charge in [-0.1, -0.05) is 59.8 Å². The number of hydrogen-bond donors (Lipinski definition) is 0. The molecular formula is C18H36OSi. The second-order valence-electron chi connectivity index (χ2n) is 7.07. The molecule has 1 unspecified atom stereocenters. The molecular weight excluding hydrogens is 260 g/mol. The minimum absolute atomic E-state index is 0.165. The van der Waals surface area contributed by atoms with E-state index in [9.17, 15) is 0 Å². The van der Waals surface area contributed by atoms with Gasteiger partial charge in [-0.05, 0) is 43.5 Å². The molecule has 0 saturated carbocycles. The molecule has 0 N–H and O–H groups in total. The van der Waals surface area contributed by atoms with E-state index in [0.717, 1.165) is 6.42 Å². The minimum atomic E-state index is -0.995. The highest BCUT2D eigenvalue weighted by molar-refractivity contribution is 6.48. The summed E-state index contributed by atoms with van der Waals surface area (Å²) in [6, 6.07) is 0. The summed E-state index contributed by atoms with van der Waals surface area (Å²) in [4.78, 5) is 0. The van der Waals surface area contributed by atoms with Gasteiger partial charge in [-0.25, -0.2) is 0 Å². The van der Waals surface area contributed by atoms with E-state index >= 15 is 0 Å². The zero-order valence-corrected chi connectivity index (χ0v) is 15.8. The van der Waals surface area contributed by atoms with Crippen LogP contribution in [0.4, 0.5) is 0 Å². The second-order valence-corrected chi connectivity index (χ2v) is 9.44. The quantitative estimate of drug-likeness (QED) is 0.278. The fourth-order valence-electron chi connectivity index (χ4n) is 2.05. The van der Waals surface area contributed by atoms with E-state index in [4.69, 9.17) is 4.43 Å². The van der Waals surface area contributed by atoms with Crippen molar-refractivity contribution in [1.29, 1.82) is 0 Å². The predicted molar refractivity (Wildman–Crippen MR) is 93.9 cm³/mol. The molecule has 0 amide bonds. The van der Waals surface area contributed by atoms with Gasteiger partial charge in [-0.2, -0.15) is 0 Å². The smallest absolute Gasteiger partial charge is 0.171 e. The maximum absolute atomic E-state index is 6.09. The van der Waals surface area contributed by atoms with E-state index in [-0.39, 0.29) is 11.5 Å². The lowest BCUT2D eigenvalue weighted by Gasteiger charge is -2.29. The van der Waals surface area contributed by atoms with Gasteiger partial charge in [0.05, 0.1) is 6.10 Å². The molecule has 0 rings (SSSR count). The first-order chi connectivity index (χ1) is 9.38. The van der Waals surface area contributed by atoms with Gasteiger partial charge in [0.1, 0.15) is 0 Å². The van der Waals surface area contributed by atoms with Crippen LogP contribution in [0.3, 0.4) is 0 Å². The summed E-state index contributed by atoms with van der Waals surface area (Å²) in [6.07, 6.45) is 13.8. The Hall–Kier alpha value is -0.303. The first-order valence-electron chi connectivity index (χ1n) is 8.44. The molecule has 2 heteroatoms. The molecule has 0 saturated heterocycles. The van der Waals surface area contributed by atoms with E-state index in [2.05, 4.69) is 58.7 Å². The van der Waals surface area contributed by atoms with E-state index < -0.39 is 9.04 Å². The van der Waals surface area contributed by atoms with Crippen LogP contribution < -0.4 is 0 Å². The van der Waals surface area contributed by atoms with Crippen LogP contribution in [0.2, 0.25) is 13.1 Å². The third-order valence-electron chi connectivity index (χ3n) is 3.34. The van der Waals surface area contributed by atoms with Crippen molar-refractivity contribution in [2.75, 3.05) is 0 Å². The Morgan fingerprint density at radius 3 is 2.20 bits per heavy atom. The lowest BCUT2D eigenvalue weighted by Crippen LogP contribution is -2.31. The highest BCUT2D eigenvalue weighted by Crippen LogP contribution is 2.23. The van der Waals surface area contributed by atoms with Crippen molar-refractivity contribution >= 4 is 9.04 Å². The van der Waals surface area contributed by atoms with Crippen molar-refractivity contribution in [3.05, 3.63) is 17.9 Å². The van der Waals surface area contributed by atoms with Gasteiger partial charge in [0.25, 0.3) is 0 Å². The molecule has 0 bridgehead atoms. The van der Waals surface area contributed by atoms with Crippen LogP contribution in [0, 0.1) is 5.41 Å². The summed E-state index contributed by atoms with van der Waals surface area (Å²) < 4.78 is 6.09. The van der Waals surface area contributed by atoms with Crippen molar-refractivity contribution in [3.8, 4) is 0 Å². The van der Waals surface area contributed by atoms with Crippen LogP contribution in [0.5, 0.6) is 0 Å². The standard InChI is InChI=1S/C18H36OSi/c1-7-8-9-10-11-12-13-14-15-16-17(18(2,3)4)19-20(5)6/h14,16-17,20H,7-13H2,1-6H3. The first-order valence-corrected chi connectivity index (χ1v) is 11.2. The van der Waals surface area contributed by atoms with Gasteiger partial charge in [0.15, 0.2) is 9.04 Å². The molecule has 0 aliphatic heterocycles. The average Bonchev–Trinajstić information content (AvgIpc) is 2.33. The Kier molecular flexibility index (Phi) is 11.2. The predicted octanol–water partition coefficient (Wildman–Crippen LogP) is 5.86. The molecule has 0 aliphatic rings. The van der Waals surface area contributed by atoms with Crippen LogP contribution in [0.25, 0.3) is 0 Å². The Bertz CT molecular complexity index is 282. The summed E-state index contributed by atoms with van der Waals surface area (Å²) in [5.74, 6) is 0. The summed E-state index contributed by atoms with van der Waals surface area (Å²) >= 11 is 0. The van der Waals surface area contributed by atoms with E-state index in [1.165, 1.54) is 38.5 Å². The number of unbranched alkanes of at least 4 members (excludes halogenated alkanes) is 6. The maximum atomic E-state index is 6.09. The summed E-state index contributed by atoms with van der Waals surface area (Å²) in [5.41, 5.74) is 3.51. The third-order valence-corrected chi connectivity index (χ3v) is 4.18. The second kappa shape index (κ2) is 11.4. The van der Waals surface area contributed by atoms with Gasteiger partial charge in [0, 0.05) is 0 Å². The molecule has 1 atom stereocenters. The van der Waals surface area contributed by atoms with Gasteiger partial charge in [0.2, 0.25) is 0 Å². The molecule has 0 aliphatic carbocycles. The fraction of sp³-hybridized carbons (Fsp3) is 0.833. The molecule has 20 heavy (non-hydrogen) atoms. The minimum Gasteiger partial charge on any atom is -0.413 e. The number of rotatable bonds is 10. The molecule has 0 aromatic heterocycles. The third kappa shape index (κ3) is 11.5. The molecule has 118 valence electrons. The monoisotopic (exact) mass is 296 g/mol.